The zero-order valence-electron chi connectivity index (χ0n) is 15.0. The Hall–Kier alpha value is -2.70. The summed E-state index contributed by atoms with van der Waals surface area (Å²) < 4.78 is 31.8. The average molecular weight is 374 g/mol. The van der Waals surface area contributed by atoms with E-state index in [2.05, 4.69) is 0 Å². The molecule has 27 heavy (non-hydrogen) atoms. The van der Waals surface area contributed by atoms with Crippen molar-refractivity contribution < 1.29 is 22.8 Å². The first-order valence-electron chi connectivity index (χ1n) is 9.03. The summed E-state index contributed by atoms with van der Waals surface area (Å²) in [5.74, 6) is -1.16. The van der Waals surface area contributed by atoms with Crippen molar-refractivity contribution in [1.29, 1.82) is 0 Å². The quantitative estimate of drug-likeness (QED) is 0.830. The number of aryl methyl sites for hydroxylation is 1. The number of amides is 2. The largest absolute Gasteiger partial charge is 0.456 e. The van der Waals surface area contributed by atoms with Crippen LogP contribution in [0.15, 0.2) is 34.7 Å². The van der Waals surface area contributed by atoms with Gasteiger partial charge in [-0.05, 0) is 49.1 Å². The van der Waals surface area contributed by atoms with Crippen LogP contribution in [0.4, 0.5) is 8.78 Å². The fourth-order valence-corrected chi connectivity index (χ4v) is 3.65. The molecule has 0 N–H and O–H groups in total. The van der Waals surface area contributed by atoms with E-state index in [0.717, 1.165) is 6.07 Å². The maximum absolute atomic E-state index is 13.4. The summed E-state index contributed by atoms with van der Waals surface area (Å²) in [5.41, 5.74) is 0.661. The summed E-state index contributed by atoms with van der Waals surface area (Å²) in [6.45, 7) is 3.61. The van der Waals surface area contributed by atoms with Gasteiger partial charge >= 0.3 is 0 Å². The third-order valence-corrected chi connectivity index (χ3v) is 5.31. The van der Waals surface area contributed by atoms with E-state index in [9.17, 15) is 18.4 Å². The molecule has 0 bridgehead atoms. The molecule has 0 spiro atoms. The van der Waals surface area contributed by atoms with Crippen LogP contribution in [-0.4, -0.2) is 47.8 Å². The fraction of sp³-hybridized carbons (Fsp3) is 0.400. The van der Waals surface area contributed by atoms with Crippen molar-refractivity contribution in [3.63, 3.8) is 0 Å². The molecule has 5 nitrogen and oxygen atoms in total. The van der Waals surface area contributed by atoms with E-state index in [4.69, 9.17) is 4.42 Å². The molecule has 7 heteroatoms. The predicted molar refractivity (Wildman–Crippen MR) is 93.1 cm³/mol. The van der Waals surface area contributed by atoms with E-state index in [1.54, 1.807) is 28.9 Å². The van der Waals surface area contributed by atoms with Gasteiger partial charge in [-0.25, -0.2) is 8.78 Å². The van der Waals surface area contributed by atoms with Crippen LogP contribution in [0.1, 0.15) is 34.2 Å². The summed E-state index contributed by atoms with van der Waals surface area (Å²) in [6.07, 6.45) is 0.648. The van der Waals surface area contributed by atoms with Gasteiger partial charge < -0.3 is 14.2 Å². The number of benzene rings is 1. The Balaban J connectivity index is 1.33. The van der Waals surface area contributed by atoms with Crippen LogP contribution in [0.5, 0.6) is 0 Å². The third kappa shape index (κ3) is 3.46. The Bertz CT molecular complexity index is 887. The summed E-state index contributed by atoms with van der Waals surface area (Å²) in [4.78, 5) is 28.5. The summed E-state index contributed by atoms with van der Waals surface area (Å²) in [6, 6.07) is 7.23. The Labute approximate surface area is 155 Å². The van der Waals surface area contributed by atoms with Crippen molar-refractivity contribution in [2.45, 2.75) is 19.3 Å². The normalized spacial score (nSPS) is 22.0. The second-order valence-electron chi connectivity index (χ2n) is 7.15. The molecular formula is C20H20F2N2O3. The van der Waals surface area contributed by atoms with Gasteiger partial charge in [-0.15, -0.1) is 0 Å². The lowest BCUT2D eigenvalue weighted by atomic mass is 10.1. The van der Waals surface area contributed by atoms with Gasteiger partial charge in [0, 0.05) is 32.1 Å². The molecule has 1 saturated carbocycles. The first-order valence-corrected chi connectivity index (χ1v) is 9.03. The number of furan rings is 1. The fourth-order valence-electron chi connectivity index (χ4n) is 3.65. The molecule has 2 atom stereocenters. The molecule has 2 aliphatic rings. The zero-order valence-corrected chi connectivity index (χ0v) is 15.0. The number of halogens is 2. The van der Waals surface area contributed by atoms with E-state index in [-0.39, 0.29) is 23.7 Å². The smallest absolute Gasteiger partial charge is 0.289 e. The topological polar surface area (TPSA) is 53.8 Å². The molecule has 142 valence electrons. The molecule has 1 aromatic heterocycles. The van der Waals surface area contributed by atoms with Crippen molar-refractivity contribution in [2.75, 3.05) is 26.2 Å². The van der Waals surface area contributed by atoms with Crippen LogP contribution < -0.4 is 0 Å². The first-order chi connectivity index (χ1) is 12.9. The van der Waals surface area contributed by atoms with E-state index in [0.29, 0.717) is 49.7 Å². The molecule has 2 amide bonds. The van der Waals surface area contributed by atoms with Crippen molar-refractivity contribution in [3.05, 3.63) is 59.1 Å². The van der Waals surface area contributed by atoms with Gasteiger partial charge in [-0.2, -0.15) is 0 Å². The zero-order chi connectivity index (χ0) is 19.1. The molecule has 1 aliphatic heterocycles. The number of piperazine rings is 1. The number of carbonyl (C=O) groups is 2. The average Bonchev–Trinajstić information content (AvgIpc) is 3.36. The van der Waals surface area contributed by atoms with Gasteiger partial charge in [0.15, 0.2) is 17.4 Å². The van der Waals surface area contributed by atoms with Crippen LogP contribution in [0.25, 0.3) is 0 Å². The number of carbonyl (C=O) groups excluding carboxylic acids is 2. The van der Waals surface area contributed by atoms with Gasteiger partial charge in [0.1, 0.15) is 5.76 Å². The monoisotopic (exact) mass is 374 g/mol. The first kappa shape index (κ1) is 17.7. The molecule has 1 aromatic carbocycles. The van der Waals surface area contributed by atoms with Gasteiger partial charge in [0.2, 0.25) is 5.91 Å². The Kier molecular flexibility index (Phi) is 4.45. The lowest BCUT2D eigenvalue weighted by Crippen LogP contribution is -2.51. The van der Waals surface area contributed by atoms with E-state index >= 15 is 0 Å². The van der Waals surface area contributed by atoms with Gasteiger partial charge in [-0.1, -0.05) is 6.07 Å². The number of nitrogens with zero attached hydrogens (tertiary/aromatic N) is 2. The second-order valence-corrected chi connectivity index (χ2v) is 7.15. The minimum atomic E-state index is -0.883. The maximum Gasteiger partial charge on any atom is 0.289 e. The van der Waals surface area contributed by atoms with Crippen molar-refractivity contribution in [3.8, 4) is 0 Å². The highest BCUT2D eigenvalue weighted by Gasteiger charge is 2.46. The van der Waals surface area contributed by atoms with Crippen molar-refractivity contribution in [2.24, 2.45) is 5.92 Å². The summed E-state index contributed by atoms with van der Waals surface area (Å²) in [5, 5.41) is 0. The molecule has 2 fully saturated rings. The Morgan fingerprint density at radius 3 is 2.33 bits per heavy atom. The van der Waals surface area contributed by atoms with E-state index in [1.807, 2.05) is 0 Å². The highest BCUT2D eigenvalue weighted by molar-refractivity contribution is 5.92. The highest BCUT2D eigenvalue weighted by Crippen LogP contribution is 2.48. The molecular weight excluding hydrogens is 354 g/mol. The summed E-state index contributed by atoms with van der Waals surface area (Å²) >= 11 is 0. The highest BCUT2D eigenvalue weighted by atomic mass is 19.2. The van der Waals surface area contributed by atoms with Gasteiger partial charge in [-0.3, -0.25) is 9.59 Å². The van der Waals surface area contributed by atoms with Gasteiger partial charge in [0.05, 0.1) is 0 Å². The minimum absolute atomic E-state index is 0.0191. The maximum atomic E-state index is 13.4. The van der Waals surface area contributed by atoms with Crippen LogP contribution >= 0.6 is 0 Å². The molecule has 1 saturated heterocycles. The standard InChI is InChI=1S/C20H20F2N2O3/c1-12-2-5-18(27-12)20(26)24-8-6-23(7-9-24)19(25)15-11-14(15)13-3-4-16(21)17(22)10-13/h2-5,10,14-15H,6-9,11H2,1H3. The van der Waals surface area contributed by atoms with E-state index < -0.39 is 11.6 Å². The molecule has 2 heterocycles. The second kappa shape index (κ2) is 6.79. The van der Waals surface area contributed by atoms with Crippen LogP contribution in [0.2, 0.25) is 0 Å². The molecule has 4 rings (SSSR count). The SMILES string of the molecule is Cc1ccc(C(=O)N2CCN(C(=O)C3CC3c3ccc(F)c(F)c3)CC2)o1. The lowest BCUT2D eigenvalue weighted by molar-refractivity contribution is -0.134. The Morgan fingerprint density at radius 1 is 1.00 bits per heavy atom. The van der Waals surface area contributed by atoms with Crippen molar-refractivity contribution in [1.82, 2.24) is 9.80 Å². The number of hydrogen-bond donors (Lipinski definition) is 0. The predicted octanol–water partition coefficient (Wildman–Crippen LogP) is 2.95. The van der Waals surface area contributed by atoms with Crippen molar-refractivity contribution >= 4 is 11.8 Å². The molecule has 0 radical (unpaired) electrons. The number of rotatable bonds is 3. The molecule has 2 unspecified atom stereocenters. The third-order valence-electron chi connectivity index (χ3n) is 5.31. The number of hydrogen-bond acceptors (Lipinski definition) is 3. The lowest BCUT2D eigenvalue weighted by Gasteiger charge is -2.34. The van der Waals surface area contributed by atoms with Crippen LogP contribution in [0, 0.1) is 24.5 Å². The Morgan fingerprint density at radius 2 is 1.70 bits per heavy atom. The van der Waals surface area contributed by atoms with Crippen LogP contribution in [0.3, 0.4) is 0 Å². The molecule has 2 aromatic rings. The van der Waals surface area contributed by atoms with Gasteiger partial charge in [0.25, 0.3) is 5.91 Å². The minimum Gasteiger partial charge on any atom is -0.456 e. The van der Waals surface area contributed by atoms with Crippen LogP contribution in [-0.2, 0) is 4.79 Å². The van der Waals surface area contributed by atoms with E-state index in [1.165, 1.54) is 12.1 Å². The molecule has 1 aliphatic carbocycles. The summed E-state index contributed by atoms with van der Waals surface area (Å²) in [7, 11) is 0.